The number of rotatable bonds is 3. The van der Waals surface area contributed by atoms with Crippen LogP contribution < -0.4 is 11.5 Å². The molecular formula is C10H14N2O. The van der Waals surface area contributed by atoms with Crippen molar-refractivity contribution in [3.63, 3.8) is 0 Å². The van der Waals surface area contributed by atoms with Crippen LogP contribution in [0.4, 0.5) is 11.4 Å². The van der Waals surface area contributed by atoms with E-state index in [1.54, 1.807) is 13.0 Å². The first-order chi connectivity index (χ1) is 6.09. The van der Waals surface area contributed by atoms with E-state index in [4.69, 9.17) is 11.5 Å². The first-order valence-electron chi connectivity index (χ1n) is 4.23. The van der Waals surface area contributed by atoms with Crippen LogP contribution in [0, 0.1) is 0 Å². The van der Waals surface area contributed by atoms with Gasteiger partial charge in [0.05, 0.1) is 11.4 Å². The fourth-order valence-corrected chi connectivity index (χ4v) is 1.10. The monoisotopic (exact) mass is 178 g/mol. The molecule has 0 saturated heterocycles. The number of nitrogens with two attached hydrogens (primary N) is 2. The number of nitrogen functional groups attached to an aromatic ring is 2. The first-order valence-corrected chi connectivity index (χ1v) is 4.23. The summed E-state index contributed by atoms with van der Waals surface area (Å²) >= 11 is 0. The number of carbonyl (C=O) groups excluding carboxylic acids is 1. The average molecular weight is 178 g/mol. The second-order valence-corrected chi connectivity index (χ2v) is 3.17. The highest BCUT2D eigenvalue weighted by Gasteiger charge is 1.99. The molecule has 0 aliphatic carbocycles. The third-order valence-corrected chi connectivity index (χ3v) is 1.92. The Morgan fingerprint density at radius 3 is 2.54 bits per heavy atom. The number of aryl methyl sites for hydroxylation is 1. The molecule has 0 amide bonds. The van der Waals surface area contributed by atoms with Crippen molar-refractivity contribution in [2.24, 2.45) is 0 Å². The van der Waals surface area contributed by atoms with Crippen molar-refractivity contribution in [3.8, 4) is 0 Å². The molecular weight excluding hydrogens is 164 g/mol. The average Bonchev–Trinajstić information content (AvgIpc) is 2.07. The SMILES string of the molecule is CC(=O)CCc1ccc(N)c(N)c1. The maximum atomic E-state index is 10.7. The minimum atomic E-state index is 0.190. The summed E-state index contributed by atoms with van der Waals surface area (Å²) in [5.41, 5.74) is 13.4. The second-order valence-electron chi connectivity index (χ2n) is 3.17. The van der Waals surface area contributed by atoms with E-state index in [-0.39, 0.29) is 5.78 Å². The molecule has 70 valence electrons. The maximum Gasteiger partial charge on any atom is 0.130 e. The summed E-state index contributed by atoms with van der Waals surface area (Å²) in [5.74, 6) is 0.190. The van der Waals surface area contributed by atoms with E-state index in [1.165, 1.54) is 0 Å². The summed E-state index contributed by atoms with van der Waals surface area (Å²) in [7, 11) is 0. The molecule has 0 aromatic heterocycles. The Morgan fingerprint density at radius 1 is 1.31 bits per heavy atom. The van der Waals surface area contributed by atoms with E-state index < -0.39 is 0 Å². The molecule has 0 spiro atoms. The minimum absolute atomic E-state index is 0.190. The molecule has 0 atom stereocenters. The summed E-state index contributed by atoms with van der Waals surface area (Å²) in [5, 5.41) is 0. The van der Waals surface area contributed by atoms with Gasteiger partial charge in [-0.25, -0.2) is 0 Å². The van der Waals surface area contributed by atoms with Gasteiger partial charge in [0, 0.05) is 6.42 Å². The lowest BCUT2D eigenvalue weighted by molar-refractivity contribution is -0.116. The van der Waals surface area contributed by atoms with Crippen LogP contribution in [0.25, 0.3) is 0 Å². The van der Waals surface area contributed by atoms with Gasteiger partial charge < -0.3 is 16.3 Å². The van der Waals surface area contributed by atoms with Crippen molar-refractivity contribution in [2.45, 2.75) is 19.8 Å². The number of benzene rings is 1. The normalized spacial score (nSPS) is 9.92. The Morgan fingerprint density at radius 2 is 2.00 bits per heavy atom. The van der Waals surface area contributed by atoms with Gasteiger partial charge in [0.25, 0.3) is 0 Å². The van der Waals surface area contributed by atoms with Crippen LogP contribution in [-0.4, -0.2) is 5.78 Å². The van der Waals surface area contributed by atoms with E-state index in [9.17, 15) is 4.79 Å². The molecule has 0 radical (unpaired) electrons. The van der Waals surface area contributed by atoms with Crippen molar-refractivity contribution in [1.82, 2.24) is 0 Å². The summed E-state index contributed by atoms with van der Waals surface area (Å²) < 4.78 is 0. The highest BCUT2D eigenvalue weighted by Crippen LogP contribution is 2.16. The molecule has 3 nitrogen and oxygen atoms in total. The molecule has 0 heterocycles. The Kier molecular flexibility index (Phi) is 2.90. The van der Waals surface area contributed by atoms with Crippen molar-refractivity contribution < 1.29 is 4.79 Å². The third kappa shape index (κ3) is 2.78. The predicted molar refractivity (Wildman–Crippen MR) is 54.3 cm³/mol. The number of hydrogen-bond donors (Lipinski definition) is 2. The summed E-state index contributed by atoms with van der Waals surface area (Å²) in [6.45, 7) is 1.58. The molecule has 1 aromatic carbocycles. The molecule has 0 unspecified atom stereocenters. The maximum absolute atomic E-state index is 10.7. The van der Waals surface area contributed by atoms with Gasteiger partial charge in [0.1, 0.15) is 5.78 Å². The Bertz CT molecular complexity index is 321. The molecule has 0 aliphatic rings. The molecule has 0 saturated carbocycles. The van der Waals surface area contributed by atoms with Gasteiger partial charge in [-0.05, 0) is 31.0 Å². The van der Waals surface area contributed by atoms with E-state index in [2.05, 4.69) is 0 Å². The quantitative estimate of drug-likeness (QED) is 0.687. The number of hydrogen-bond acceptors (Lipinski definition) is 3. The smallest absolute Gasteiger partial charge is 0.130 e. The lowest BCUT2D eigenvalue weighted by atomic mass is 10.1. The summed E-state index contributed by atoms with van der Waals surface area (Å²) in [6, 6.07) is 5.48. The molecule has 1 rings (SSSR count). The van der Waals surface area contributed by atoms with Crippen LogP contribution in [0.1, 0.15) is 18.9 Å². The Balaban J connectivity index is 2.68. The van der Waals surface area contributed by atoms with Crippen molar-refractivity contribution in [2.75, 3.05) is 11.5 Å². The van der Waals surface area contributed by atoms with Crippen molar-refractivity contribution in [1.29, 1.82) is 0 Å². The van der Waals surface area contributed by atoms with Gasteiger partial charge in [0.15, 0.2) is 0 Å². The number of anilines is 2. The molecule has 0 bridgehead atoms. The van der Waals surface area contributed by atoms with Crippen LogP contribution in [0.15, 0.2) is 18.2 Å². The Hall–Kier alpha value is -1.51. The summed E-state index contributed by atoms with van der Waals surface area (Å²) in [4.78, 5) is 10.7. The molecule has 4 N–H and O–H groups in total. The first kappa shape index (κ1) is 9.58. The van der Waals surface area contributed by atoms with Gasteiger partial charge in [-0.1, -0.05) is 6.07 Å². The van der Waals surface area contributed by atoms with Crippen LogP contribution in [0.3, 0.4) is 0 Å². The van der Waals surface area contributed by atoms with Gasteiger partial charge >= 0.3 is 0 Å². The van der Waals surface area contributed by atoms with Gasteiger partial charge in [-0.2, -0.15) is 0 Å². The van der Waals surface area contributed by atoms with Crippen LogP contribution in [-0.2, 0) is 11.2 Å². The van der Waals surface area contributed by atoms with E-state index in [0.717, 1.165) is 12.0 Å². The van der Waals surface area contributed by atoms with Gasteiger partial charge in [-0.3, -0.25) is 0 Å². The Labute approximate surface area is 77.7 Å². The molecule has 3 heteroatoms. The van der Waals surface area contributed by atoms with Crippen molar-refractivity contribution >= 4 is 17.2 Å². The van der Waals surface area contributed by atoms with Crippen LogP contribution in [0.2, 0.25) is 0 Å². The molecule has 0 aliphatic heterocycles. The zero-order chi connectivity index (χ0) is 9.84. The number of carbonyl (C=O) groups is 1. The van der Waals surface area contributed by atoms with Gasteiger partial charge in [-0.15, -0.1) is 0 Å². The van der Waals surface area contributed by atoms with E-state index in [1.807, 2.05) is 12.1 Å². The van der Waals surface area contributed by atoms with Crippen LogP contribution >= 0.6 is 0 Å². The zero-order valence-electron chi connectivity index (χ0n) is 7.71. The topological polar surface area (TPSA) is 69.1 Å². The largest absolute Gasteiger partial charge is 0.397 e. The fraction of sp³-hybridized carbons (Fsp3) is 0.300. The molecule has 1 aromatic rings. The van der Waals surface area contributed by atoms with Gasteiger partial charge in [0.2, 0.25) is 0 Å². The fourth-order valence-electron chi connectivity index (χ4n) is 1.10. The second kappa shape index (κ2) is 3.94. The number of ketones is 1. The lowest BCUT2D eigenvalue weighted by Gasteiger charge is -2.03. The van der Waals surface area contributed by atoms with E-state index in [0.29, 0.717) is 17.8 Å². The standard InChI is InChI=1S/C10H14N2O/c1-7(13)2-3-8-4-5-9(11)10(12)6-8/h4-6H,2-3,11-12H2,1H3. The molecule has 0 fully saturated rings. The zero-order valence-corrected chi connectivity index (χ0v) is 7.71. The molecule has 13 heavy (non-hydrogen) atoms. The van der Waals surface area contributed by atoms with Crippen LogP contribution in [0.5, 0.6) is 0 Å². The minimum Gasteiger partial charge on any atom is -0.397 e. The summed E-state index contributed by atoms with van der Waals surface area (Å²) in [6.07, 6.45) is 1.29. The predicted octanol–water partition coefficient (Wildman–Crippen LogP) is 1.37. The third-order valence-electron chi connectivity index (χ3n) is 1.92. The van der Waals surface area contributed by atoms with Crippen molar-refractivity contribution in [3.05, 3.63) is 23.8 Å². The highest BCUT2D eigenvalue weighted by molar-refractivity contribution is 5.75. The highest BCUT2D eigenvalue weighted by atomic mass is 16.1. The number of Topliss-reactive ketones (excluding diaryl/α,β-unsaturated/α-hetero) is 1. The van der Waals surface area contributed by atoms with E-state index >= 15 is 0 Å². The lowest BCUT2D eigenvalue weighted by Crippen LogP contribution is -1.98.